The highest BCUT2D eigenvalue weighted by Crippen LogP contribution is 2.22. The molecule has 1 fully saturated rings. The van der Waals surface area contributed by atoms with E-state index in [0.717, 1.165) is 19.1 Å². The molecule has 0 aliphatic carbocycles. The van der Waals surface area contributed by atoms with Crippen molar-refractivity contribution >= 4 is 33.3 Å². The minimum atomic E-state index is -3.56. The van der Waals surface area contributed by atoms with Crippen molar-refractivity contribution < 1.29 is 17.9 Å². The molecule has 0 saturated carbocycles. The van der Waals surface area contributed by atoms with Crippen molar-refractivity contribution in [1.29, 1.82) is 0 Å². The van der Waals surface area contributed by atoms with E-state index in [1.54, 1.807) is 20.8 Å². The molecular weight excluding hydrogens is 368 g/mol. The third-order valence-corrected chi connectivity index (χ3v) is 4.50. The Hall–Kier alpha value is -1.61. The molecule has 0 bridgehead atoms. The molecule has 1 amide bonds. The summed E-state index contributed by atoms with van der Waals surface area (Å²) < 4.78 is 28.6. The number of aromatic nitrogens is 2. The molecule has 1 aliphatic heterocycles. The summed E-state index contributed by atoms with van der Waals surface area (Å²) >= 11 is 5.94. The molecule has 1 aromatic rings. The van der Waals surface area contributed by atoms with E-state index in [2.05, 4.69) is 15.3 Å². The van der Waals surface area contributed by atoms with E-state index in [9.17, 15) is 13.2 Å². The normalized spacial score (nSPS) is 18.8. The second kappa shape index (κ2) is 7.33. The van der Waals surface area contributed by atoms with Crippen LogP contribution in [0.3, 0.4) is 0 Å². The standard InChI is InChI=1S/C15H23ClN4O4S/c1-15(2,3)24-14(21)17-10-6-5-7-20(9-10)12-8-11(16)18-13(19-12)25(4,22)23/h8,10H,5-7,9H2,1-4H3,(H,17,21)/t10-/m0/s1. The van der Waals surface area contributed by atoms with Crippen molar-refractivity contribution in [3.63, 3.8) is 0 Å². The van der Waals surface area contributed by atoms with Crippen molar-refractivity contribution in [2.24, 2.45) is 0 Å². The van der Waals surface area contributed by atoms with Gasteiger partial charge in [-0.3, -0.25) is 0 Å². The average molecular weight is 391 g/mol. The number of halogens is 1. The number of carbonyl (C=O) groups excluding carboxylic acids is 1. The van der Waals surface area contributed by atoms with E-state index >= 15 is 0 Å². The fourth-order valence-corrected chi connectivity index (χ4v) is 3.24. The Morgan fingerprint density at radius 2 is 2.08 bits per heavy atom. The van der Waals surface area contributed by atoms with Crippen LogP contribution in [0.2, 0.25) is 5.15 Å². The van der Waals surface area contributed by atoms with Crippen LogP contribution >= 0.6 is 11.6 Å². The lowest BCUT2D eigenvalue weighted by atomic mass is 10.1. The molecule has 1 saturated heterocycles. The number of nitrogens with zero attached hydrogens (tertiary/aromatic N) is 3. The van der Waals surface area contributed by atoms with E-state index in [1.807, 2.05) is 4.90 Å². The molecule has 25 heavy (non-hydrogen) atoms. The van der Waals surface area contributed by atoms with Crippen LogP contribution in [0.5, 0.6) is 0 Å². The van der Waals surface area contributed by atoms with Gasteiger partial charge in [-0.15, -0.1) is 0 Å². The Bertz CT molecular complexity index is 748. The Morgan fingerprint density at radius 3 is 2.68 bits per heavy atom. The summed E-state index contributed by atoms with van der Waals surface area (Å²) in [6, 6.07) is 1.39. The first-order valence-electron chi connectivity index (χ1n) is 7.93. The molecule has 1 aliphatic rings. The topological polar surface area (TPSA) is 101 Å². The van der Waals surface area contributed by atoms with Gasteiger partial charge in [-0.25, -0.2) is 23.2 Å². The minimum Gasteiger partial charge on any atom is -0.444 e. The van der Waals surface area contributed by atoms with Gasteiger partial charge in [0.2, 0.25) is 15.0 Å². The van der Waals surface area contributed by atoms with Gasteiger partial charge in [0.25, 0.3) is 0 Å². The number of carbonyl (C=O) groups is 1. The molecule has 0 unspecified atom stereocenters. The third kappa shape index (κ3) is 6.00. The molecule has 10 heteroatoms. The van der Waals surface area contributed by atoms with E-state index in [1.165, 1.54) is 6.07 Å². The Kier molecular flexibility index (Phi) is 5.78. The van der Waals surface area contributed by atoms with Gasteiger partial charge in [-0.2, -0.15) is 0 Å². The van der Waals surface area contributed by atoms with E-state index < -0.39 is 21.5 Å². The van der Waals surface area contributed by atoms with Crippen LogP contribution in [0, 0.1) is 0 Å². The highest BCUT2D eigenvalue weighted by Gasteiger charge is 2.26. The predicted octanol–water partition coefficient (Wildman–Crippen LogP) is 2.03. The highest BCUT2D eigenvalue weighted by atomic mass is 35.5. The Labute approximate surface area is 152 Å². The zero-order valence-corrected chi connectivity index (χ0v) is 16.3. The molecule has 8 nitrogen and oxygen atoms in total. The van der Waals surface area contributed by atoms with Crippen LogP contribution in [0.1, 0.15) is 33.6 Å². The summed E-state index contributed by atoms with van der Waals surface area (Å²) in [5.74, 6) is 0.427. The number of nitrogens with one attached hydrogen (secondary N) is 1. The molecule has 1 N–H and O–H groups in total. The molecule has 0 spiro atoms. The zero-order valence-electron chi connectivity index (χ0n) is 14.7. The average Bonchev–Trinajstić information content (AvgIpc) is 2.43. The predicted molar refractivity (Wildman–Crippen MR) is 94.8 cm³/mol. The Balaban J connectivity index is 2.11. The lowest BCUT2D eigenvalue weighted by Gasteiger charge is -2.34. The largest absolute Gasteiger partial charge is 0.444 e. The van der Waals surface area contributed by atoms with Crippen LogP contribution in [0.15, 0.2) is 11.2 Å². The van der Waals surface area contributed by atoms with Crippen LogP contribution in [-0.4, -0.2) is 55.5 Å². The van der Waals surface area contributed by atoms with Crippen molar-refractivity contribution in [3.8, 4) is 0 Å². The summed E-state index contributed by atoms with van der Waals surface area (Å²) in [4.78, 5) is 21.7. The van der Waals surface area contributed by atoms with Gasteiger partial charge in [0.1, 0.15) is 16.6 Å². The second-order valence-corrected chi connectivity index (χ2v) is 9.33. The van der Waals surface area contributed by atoms with Gasteiger partial charge < -0.3 is 15.0 Å². The summed E-state index contributed by atoms with van der Waals surface area (Å²) in [7, 11) is -3.56. The van der Waals surface area contributed by atoms with Crippen LogP contribution in [-0.2, 0) is 14.6 Å². The fourth-order valence-electron chi connectivity index (χ4n) is 2.49. The maximum atomic E-state index is 11.9. The number of sulfone groups is 1. The van der Waals surface area contributed by atoms with Gasteiger partial charge in [0.05, 0.1) is 0 Å². The van der Waals surface area contributed by atoms with Crippen LogP contribution in [0.4, 0.5) is 10.6 Å². The number of rotatable bonds is 3. The number of piperidine rings is 1. The summed E-state index contributed by atoms with van der Waals surface area (Å²) in [6.07, 6.45) is 2.17. The second-order valence-electron chi connectivity index (χ2n) is 7.04. The monoisotopic (exact) mass is 390 g/mol. The minimum absolute atomic E-state index is 0.0626. The third-order valence-electron chi connectivity index (χ3n) is 3.46. The molecule has 1 aromatic heterocycles. The van der Waals surface area contributed by atoms with E-state index in [0.29, 0.717) is 18.9 Å². The molecule has 2 rings (SSSR count). The van der Waals surface area contributed by atoms with Crippen molar-refractivity contribution in [1.82, 2.24) is 15.3 Å². The van der Waals surface area contributed by atoms with E-state index in [4.69, 9.17) is 16.3 Å². The number of ether oxygens (including phenoxy) is 1. The smallest absolute Gasteiger partial charge is 0.407 e. The molecule has 140 valence electrons. The lowest BCUT2D eigenvalue weighted by Crippen LogP contribution is -2.49. The zero-order chi connectivity index (χ0) is 18.8. The number of hydrogen-bond donors (Lipinski definition) is 1. The first-order valence-corrected chi connectivity index (χ1v) is 10.2. The van der Waals surface area contributed by atoms with Crippen LogP contribution in [0.25, 0.3) is 0 Å². The van der Waals surface area contributed by atoms with Gasteiger partial charge >= 0.3 is 6.09 Å². The van der Waals surface area contributed by atoms with Gasteiger partial charge in [-0.05, 0) is 33.6 Å². The summed E-state index contributed by atoms with van der Waals surface area (Å²) in [5.41, 5.74) is -0.566. The summed E-state index contributed by atoms with van der Waals surface area (Å²) in [5, 5.41) is 2.59. The van der Waals surface area contributed by atoms with E-state index in [-0.39, 0.29) is 16.4 Å². The lowest BCUT2D eigenvalue weighted by molar-refractivity contribution is 0.0500. The maximum Gasteiger partial charge on any atom is 0.407 e. The highest BCUT2D eigenvalue weighted by molar-refractivity contribution is 7.90. The molecule has 0 aromatic carbocycles. The molecule has 2 heterocycles. The van der Waals surface area contributed by atoms with Crippen molar-refractivity contribution in [2.75, 3.05) is 24.2 Å². The van der Waals surface area contributed by atoms with Crippen molar-refractivity contribution in [3.05, 3.63) is 11.2 Å². The number of alkyl carbamates (subject to hydrolysis) is 1. The summed E-state index contributed by atoms with van der Waals surface area (Å²) in [6.45, 7) is 6.57. The first kappa shape index (κ1) is 19.7. The molecular formula is C15H23ClN4O4S. The fraction of sp³-hybridized carbons (Fsp3) is 0.667. The van der Waals surface area contributed by atoms with Gasteiger partial charge in [0.15, 0.2) is 0 Å². The quantitative estimate of drug-likeness (QED) is 0.622. The first-order chi connectivity index (χ1) is 11.4. The Morgan fingerprint density at radius 1 is 1.40 bits per heavy atom. The number of hydrogen-bond acceptors (Lipinski definition) is 7. The van der Waals surface area contributed by atoms with Crippen LogP contribution < -0.4 is 10.2 Å². The maximum absolute atomic E-state index is 11.9. The van der Waals surface area contributed by atoms with Gasteiger partial charge in [-0.1, -0.05) is 11.6 Å². The number of anilines is 1. The van der Waals surface area contributed by atoms with Gasteiger partial charge in [0, 0.05) is 31.5 Å². The van der Waals surface area contributed by atoms with Crippen molar-refractivity contribution in [2.45, 2.75) is 50.4 Å². The SMILES string of the molecule is CC(C)(C)OC(=O)N[C@H]1CCCN(c2cc(Cl)nc(S(C)(=O)=O)n2)C1. The molecule has 0 radical (unpaired) electrons. The number of amides is 1. The molecule has 1 atom stereocenters.